The van der Waals surface area contributed by atoms with Gasteiger partial charge in [-0.25, -0.2) is 4.98 Å². The fourth-order valence-corrected chi connectivity index (χ4v) is 7.15. The summed E-state index contributed by atoms with van der Waals surface area (Å²) in [5.74, 6) is 1.31. The fourth-order valence-electron chi connectivity index (χ4n) is 7.15. The van der Waals surface area contributed by atoms with Gasteiger partial charge >= 0.3 is 0 Å². The second-order valence-electron chi connectivity index (χ2n) is 11.6. The third-order valence-electron chi connectivity index (χ3n) is 9.38. The predicted octanol–water partition coefficient (Wildman–Crippen LogP) is 3.27. The Bertz CT molecular complexity index is 1500. The number of fused-ring (bicyclic) bond motifs is 3. The first kappa shape index (κ1) is 27.7. The Morgan fingerprint density at radius 3 is 2.45 bits per heavy atom. The number of likely N-dealkylation sites (tertiary alicyclic amines) is 1. The molecule has 2 aliphatic carbocycles. The van der Waals surface area contributed by atoms with Crippen molar-refractivity contribution < 1.29 is 4.79 Å². The SMILES string of the molecule is C=C(NC)c1ccc2c(c1)CCc1cc(C(=O)NC)ccc1C2(CCNCC(=C)N1C(C#N)C[C@@H]2C[C@@H]21)c1ncn[nH]1. The highest BCUT2D eigenvalue weighted by Gasteiger charge is 2.52. The van der Waals surface area contributed by atoms with Crippen molar-refractivity contribution in [1.29, 1.82) is 5.26 Å². The van der Waals surface area contributed by atoms with Crippen LogP contribution in [0.15, 0.2) is 61.6 Å². The summed E-state index contributed by atoms with van der Waals surface area (Å²) in [5, 5.41) is 26.7. The Balaban J connectivity index is 1.38. The summed E-state index contributed by atoms with van der Waals surface area (Å²) in [5.41, 5.74) is 7.53. The monoisotopic (exact) mass is 562 g/mol. The minimum Gasteiger partial charge on any atom is -0.388 e. The van der Waals surface area contributed by atoms with Crippen LogP contribution < -0.4 is 16.0 Å². The van der Waals surface area contributed by atoms with E-state index in [2.05, 4.69) is 74.5 Å². The van der Waals surface area contributed by atoms with Crippen LogP contribution in [0.5, 0.6) is 0 Å². The summed E-state index contributed by atoms with van der Waals surface area (Å²) in [6.45, 7) is 9.83. The van der Waals surface area contributed by atoms with Crippen molar-refractivity contribution in [3.05, 3.63) is 101 Å². The summed E-state index contributed by atoms with van der Waals surface area (Å²) in [6.07, 6.45) is 5.98. The highest BCUT2D eigenvalue weighted by molar-refractivity contribution is 5.94. The zero-order chi connectivity index (χ0) is 29.4. The molecule has 1 aliphatic heterocycles. The number of carbonyl (C=O) groups excluding carboxylic acids is 1. The molecule has 216 valence electrons. The van der Waals surface area contributed by atoms with Crippen molar-refractivity contribution >= 4 is 11.6 Å². The lowest BCUT2D eigenvalue weighted by Gasteiger charge is -2.35. The molecule has 1 saturated carbocycles. The standard InChI is InChI=1S/C33H38N8O/c1-20(41-27(17-34)15-26-16-30(26)41)18-37-12-11-33(32-38-19-39-40-32)28-9-7-22(21(2)35-3)13-23(28)5-6-24-14-25(31(42)36-4)8-10-29(24)33/h7-10,13-14,19,26-27,30,35,37H,1-2,5-6,11-12,15-16,18H2,3-4H3,(H,36,42)(H,38,39,40)/t26-,27?,30+,33?/m1/s1. The van der Waals surface area contributed by atoms with E-state index in [0.29, 0.717) is 37.0 Å². The molecule has 2 unspecified atom stereocenters. The maximum absolute atomic E-state index is 12.6. The molecule has 3 aromatic rings. The third-order valence-corrected chi connectivity index (χ3v) is 9.38. The van der Waals surface area contributed by atoms with Crippen LogP contribution >= 0.6 is 0 Å². The van der Waals surface area contributed by atoms with Crippen LogP contribution in [0, 0.1) is 17.2 Å². The van der Waals surface area contributed by atoms with E-state index in [1.165, 1.54) is 17.5 Å². The van der Waals surface area contributed by atoms with Crippen molar-refractivity contribution in [2.24, 2.45) is 5.92 Å². The van der Waals surface area contributed by atoms with Gasteiger partial charge in [-0.15, -0.1) is 0 Å². The smallest absolute Gasteiger partial charge is 0.251 e. The summed E-state index contributed by atoms with van der Waals surface area (Å²) in [6, 6.07) is 15.4. The molecule has 2 aromatic carbocycles. The highest BCUT2D eigenvalue weighted by atomic mass is 16.1. The number of aromatic nitrogens is 3. The second-order valence-corrected chi connectivity index (χ2v) is 11.6. The fraction of sp³-hybridized carbons (Fsp3) is 0.394. The molecular formula is C33H38N8O. The van der Waals surface area contributed by atoms with E-state index in [-0.39, 0.29) is 11.9 Å². The topological polar surface area (TPSA) is 122 Å². The number of hydrogen-bond acceptors (Lipinski definition) is 7. The van der Waals surface area contributed by atoms with E-state index in [1.807, 2.05) is 19.2 Å². The van der Waals surface area contributed by atoms with Gasteiger partial charge in [-0.05, 0) is 90.6 Å². The van der Waals surface area contributed by atoms with Crippen LogP contribution in [0.4, 0.5) is 0 Å². The molecule has 2 heterocycles. The van der Waals surface area contributed by atoms with E-state index in [0.717, 1.165) is 53.2 Å². The van der Waals surface area contributed by atoms with Gasteiger partial charge < -0.3 is 20.9 Å². The Labute approximate surface area is 247 Å². The minimum absolute atomic E-state index is 0.0692. The number of aromatic amines is 1. The highest BCUT2D eigenvalue weighted by Crippen LogP contribution is 2.49. The van der Waals surface area contributed by atoms with E-state index >= 15 is 0 Å². The van der Waals surface area contributed by atoms with Crippen molar-refractivity contribution in [2.45, 2.75) is 49.6 Å². The molecule has 0 radical (unpaired) electrons. The number of nitrogens with zero attached hydrogens (tertiary/aromatic N) is 4. The molecule has 1 aromatic heterocycles. The van der Waals surface area contributed by atoms with Crippen LogP contribution in [0.2, 0.25) is 0 Å². The van der Waals surface area contributed by atoms with Crippen LogP contribution in [-0.4, -0.2) is 65.3 Å². The molecule has 4 N–H and O–H groups in total. The van der Waals surface area contributed by atoms with Crippen molar-refractivity contribution in [1.82, 2.24) is 36.0 Å². The Hall–Kier alpha value is -4.42. The molecule has 42 heavy (non-hydrogen) atoms. The summed E-state index contributed by atoms with van der Waals surface area (Å²) >= 11 is 0. The largest absolute Gasteiger partial charge is 0.388 e. The lowest BCUT2D eigenvalue weighted by atomic mass is 9.69. The Morgan fingerprint density at radius 1 is 1.10 bits per heavy atom. The van der Waals surface area contributed by atoms with Gasteiger partial charge in [0.15, 0.2) is 0 Å². The summed E-state index contributed by atoms with van der Waals surface area (Å²) in [7, 11) is 3.54. The van der Waals surface area contributed by atoms with Crippen LogP contribution in [-0.2, 0) is 18.3 Å². The maximum atomic E-state index is 12.6. The zero-order valence-electron chi connectivity index (χ0n) is 24.3. The Kier molecular flexibility index (Phi) is 7.33. The average Bonchev–Trinajstić information content (AvgIpc) is 3.40. The van der Waals surface area contributed by atoms with E-state index in [4.69, 9.17) is 4.98 Å². The molecule has 3 aliphatic rings. The molecule has 0 spiro atoms. The number of hydrogen-bond donors (Lipinski definition) is 4. The lowest BCUT2D eigenvalue weighted by Crippen LogP contribution is -2.38. The summed E-state index contributed by atoms with van der Waals surface area (Å²) in [4.78, 5) is 19.6. The number of carbonyl (C=O) groups is 1. The van der Waals surface area contributed by atoms with Gasteiger partial charge in [0.1, 0.15) is 18.2 Å². The number of H-pyrrole nitrogens is 1. The molecule has 0 bridgehead atoms. The van der Waals surface area contributed by atoms with Crippen LogP contribution in [0.1, 0.15) is 63.3 Å². The van der Waals surface area contributed by atoms with Crippen molar-refractivity contribution in [3.8, 4) is 6.07 Å². The van der Waals surface area contributed by atoms with Gasteiger partial charge in [0, 0.05) is 43.6 Å². The number of nitriles is 1. The van der Waals surface area contributed by atoms with Crippen LogP contribution in [0.3, 0.4) is 0 Å². The zero-order valence-corrected chi connectivity index (χ0v) is 24.3. The molecule has 4 atom stereocenters. The van der Waals surface area contributed by atoms with Gasteiger partial charge in [-0.3, -0.25) is 9.89 Å². The molecule has 1 amide bonds. The first-order valence-corrected chi connectivity index (χ1v) is 14.7. The third kappa shape index (κ3) is 4.66. The summed E-state index contributed by atoms with van der Waals surface area (Å²) < 4.78 is 0. The predicted molar refractivity (Wildman–Crippen MR) is 162 cm³/mol. The van der Waals surface area contributed by atoms with E-state index in [1.54, 1.807) is 13.4 Å². The van der Waals surface area contributed by atoms with Crippen molar-refractivity contribution in [2.75, 3.05) is 27.2 Å². The van der Waals surface area contributed by atoms with Gasteiger partial charge in [0.05, 0.1) is 11.5 Å². The minimum atomic E-state index is -0.628. The van der Waals surface area contributed by atoms with Gasteiger partial charge in [0.25, 0.3) is 5.91 Å². The number of piperidine rings is 1. The quantitative estimate of drug-likeness (QED) is 0.280. The molecule has 9 nitrogen and oxygen atoms in total. The van der Waals surface area contributed by atoms with Gasteiger partial charge in [-0.2, -0.15) is 10.4 Å². The Morgan fingerprint density at radius 2 is 1.81 bits per heavy atom. The van der Waals surface area contributed by atoms with Crippen molar-refractivity contribution in [3.63, 3.8) is 0 Å². The lowest BCUT2D eigenvalue weighted by molar-refractivity contribution is 0.0963. The molecule has 6 rings (SSSR count). The van der Waals surface area contributed by atoms with Crippen LogP contribution in [0.25, 0.3) is 5.70 Å². The average molecular weight is 563 g/mol. The number of amides is 1. The maximum Gasteiger partial charge on any atom is 0.251 e. The number of aryl methyl sites for hydroxylation is 2. The molecule has 2 fully saturated rings. The van der Waals surface area contributed by atoms with E-state index < -0.39 is 5.41 Å². The number of benzene rings is 2. The normalized spacial score (nSPS) is 23.5. The second kappa shape index (κ2) is 11.1. The van der Waals surface area contributed by atoms with Gasteiger partial charge in [0.2, 0.25) is 0 Å². The van der Waals surface area contributed by atoms with E-state index in [9.17, 15) is 10.1 Å². The first-order chi connectivity index (χ1) is 20.4. The molecule has 9 heteroatoms. The molecular weight excluding hydrogens is 524 g/mol. The number of rotatable bonds is 10. The number of nitrogens with one attached hydrogen (secondary N) is 4. The molecule has 1 saturated heterocycles. The first-order valence-electron chi connectivity index (χ1n) is 14.7. The van der Waals surface area contributed by atoms with Gasteiger partial charge in [-0.1, -0.05) is 31.4 Å².